The molecule has 0 aromatic carbocycles. The second kappa shape index (κ2) is 14.9. The van der Waals surface area contributed by atoms with Crippen molar-refractivity contribution in [1.82, 2.24) is 0 Å². The van der Waals surface area contributed by atoms with Gasteiger partial charge < -0.3 is 18.9 Å². The van der Waals surface area contributed by atoms with Gasteiger partial charge in [-0.2, -0.15) is 26.3 Å². The van der Waals surface area contributed by atoms with Crippen LogP contribution in [0.15, 0.2) is 12.2 Å². The van der Waals surface area contributed by atoms with E-state index in [1.165, 1.54) is 20.8 Å². The fraction of sp³-hybridized carbons (Fsp3) is 0.778. The van der Waals surface area contributed by atoms with E-state index in [0.29, 0.717) is 0 Å². The van der Waals surface area contributed by atoms with Gasteiger partial charge in [-0.05, 0) is 26.2 Å². The number of halogens is 6. The number of rotatable bonds is 17. The number of alkyl halides is 6. The van der Waals surface area contributed by atoms with Crippen molar-refractivity contribution in [2.75, 3.05) is 13.2 Å². The lowest BCUT2D eigenvalue weighted by Crippen LogP contribution is -2.49. The maximum absolute atomic E-state index is 14.7. The van der Waals surface area contributed by atoms with Crippen LogP contribution < -0.4 is 0 Å². The topological polar surface area (TPSA) is 105 Å². The third-order valence-corrected chi connectivity index (χ3v) is 7.03. The highest BCUT2D eigenvalue weighted by molar-refractivity contribution is 5.87. The smallest absolute Gasteiger partial charge is 0.377 e. The molecule has 8 nitrogen and oxygen atoms in total. The van der Waals surface area contributed by atoms with Gasteiger partial charge in [0.25, 0.3) is 0 Å². The van der Waals surface area contributed by atoms with Crippen LogP contribution in [0.2, 0.25) is 0 Å². The predicted molar refractivity (Wildman–Crippen MR) is 134 cm³/mol. The standard InChI is InChI=1S/C27H40F6O8/c1-10-16(6)25(28,29)21(35)38-13-18(40-20(34)15(4)5)19(41-22(36)26(30,31)17(7)11-2)14-39-23(37)27(32,33)24(8,9)12-3/h16-19H,4,10-14H2,1-3,5-9H3. The molecule has 4 atom stereocenters. The van der Waals surface area contributed by atoms with E-state index in [4.69, 9.17) is 9.47 Å². The lowest BCUT2D eigenvalue weighted by molar-refractivity contribution is -0.211. The van der Waals surface area contributed by atoms with E-state index < -0.39 is 84.3 Å². The molecule has 0 rings (SSSR count). The molecule has 0 N–H and O–H groups in total. The molecule has 0 fully saturated rings. The lowest BCUT2D eigenvalue weighted by Gasteiger charge is -2.32. The number of carbonyl (C=O) groups is 4. The van der Waals surface area contributed by atoms with Crippen LogP contribution in [0.4, 0.5) is 26.3 Å². The molecule has 41 heavy (non-hydrogen) atoms. The van der Waals surface area contributed by atoms with Crippen LogP contribution in [0.1, 0.15) is 74.7 Å². The van der Waals surface area contributed by atoms with Gasteiger partial charge in [0.2, 0.25) is 0 Å². The zero-order chi connectivity index (χ0) is 32.6. The van der Waals surface area contributed by atoms with E-state index in [1.54, 1.807) is 0 Å². The van der Waals surface area contributed by atoms with Crippen molar-refractivity contribution in [3.05, 3.63) is 12.2 Å². The first-order valence-corrected chi connectivity index (χ1v) is 13.1. The van der Waals surface area contributed by atoms with Crippen molar-refractivity contribution >= 4 is 23.9 Å². The van der Waals surface area contributed by atoms with E-state index >= 15 is 0 Å². The highest BCUT2D eigenvalue weighted by atomic mass is 19.3. The van der Waals surface area contributed by atoms with Gasteiger partial charge in [-0.1, -0.05) is 55.0 Å². The summed E-state index contributed by atoms with van der Waals surface area (Å²) in [6.45, 7) is 10.0. The summed E-state index contributed by atoms with van der Waals surface area (Å²) in [5, 5.41) is 0. The molecule has 0 aliphatic carbocycles. The van der Waals surface area contributed by atoms with E-state index in [2.05, 4.69) is 16.1 Å². The fourth-order valence-corrected chi connectivity index (χ4v) is 2.80. The molecule has 0 aliphatic rings. The average Bonchev–Trinajstić information content (AvgIpc) is 2.90. The molecule has 0 radical (unpaired) electrons. The molecule has 0 heterocycles. The molecule has 0 saturated heterocycles. The van der Waals surface area contributed by atoms with Crippen LogP contribution in [0.5, 0.6) is 0 Å². The summed E-state index contributed by atoms with van der Waals surface area (Å²) >= 11 is 0. The van der Waals surface area contributed by atoms with Crippen LogP contribution in [-0.2, 0) is 38.1 Å². The number of hydrogen-bond acceptors (Lipinski definition) is 8. The number of carbonyl (C=O) groups excluding carboxylic acids is 4. The molecule has 0 bridgehead atoms. The zero-order valence-corrected chi connectivity index (χ0v) is 24.6. The molecule has 0 aromatic rings. The van der Waals surface area contributed by atoms with E-state index in [0.717, 1.165) is 34.6 Å². The first-order chi connectivity index (χ1) is 18.5. The quantitative estimate of drug-likeness (QED) is 0.0872. The summed E-state index contributed by atoms with van der Waals surface area (Å²) in [5.41, 5.74) is -2.21. The molecule has 4 unspecified atom stereocenters. The maximum Gasteiger partial charge on any atom is 0.377 e. The molecule has 238 valence electrons. The predicted octanol–water partition coefficient (Wildman–Crippen LogP) is 5.91. The van der Waals surface area contributed by atoms with Crippen LogP contribution in [0.3, 0.4) is 0 Å². The minimum absolute atomic E-state index is 0.140. The fourth-order valence-electron chi connectivity index (χ4n) is 2.80. The van der Waals surface area contributed by atoms with E-state index in [9.17, 15) is 45.5 Å². The minimum atomic E-state index is -4.14. The van der Waals surface area contributed by atoms with Crippen LogP contribution in [-0.4, -0.2) is 67.1 Å². The van der Waals surface area contributed by atoms with Gasteiger partial charge in [0.05, 0.1) is 0 Å². The molecular weight excluding hydrogens is 566 g/mol. The van der Waals surface area contributed by atoms with Gasteiger partial charge in [-0.15, -0.1) is 0 Å². The Balaban J connectivity index is 6.43. The zero-order valence-electron chi connectivity index (χ0n) is 24.6. The summed E-state index contributed by atoms with van der Waals surface area (Å²) < 4.78 is 106. The Bertz CT molecular complexity index is 950. The maximum atomic E-state index is 14.7. The third-order valence-electron chi connectivity index (χ3n) is 7.03. The highest BCUT2D eigenvalue weighted by Gasteiger charge is 2.54. The average molecular weight is 607 g/mol. The van der Waals surface area contributed by atoms with Gasteiger partial charge in [0, 0.05) is 22.8 Å². The normalized spacial score (nSPS) is 15.7. The number of hydrogen-bond donors (Lipinski definition) is 0. The Labute approximate surface area is 236 Å². The molecule has 0 saturated carbocycles. The van der Waals surface area contributed by atoms with Gasteiger partial charge in [0.15, 0.2) is 12.2 Å². The molecular formula is C27H40F6O8. The van der Waals surface area contributed by atoms with Gasteiger partial charge in [-0.3, -0.25) is 0 Å². The number of ether oxygens (including phenoxy) is 4. The Morgan fingerprint density at radius 1 is 0.707 bits per heavy atom. The van der Waals surface area contributed by atoms with Crippen molar-refractivity contribution in [2.45, 2.75) is 105 Å². The summed E-state index contributed by atoms with van der Waals surface area (Å²) in [7, 11) is 0. The summed E-state index contributed by atoms with van der Waals surface area (Å²) in [6, 6.07) is 0. The first-order valence-electron chi connectivity index (χ1n) is 13.1. The third kappa shape index (κ3) is 9.63. The summed E-state index contributed by atoms with van der Waals surface area (Å²) in [6.07, 6.45) is -4.95. The van der Waals surface area contributed by atoms with Gasteiger partial charge in [-0.25, -0.2) is 19.2 Å². The Kier molecular flexibility index (Phi) is 13.9. The SMILES string of the molecule is C=C(C)C(=O)OC(COC(=O)C(F)(F)C(C)CC)C(COC(=O)C(F)(F)C(C)(C)CC)OC(=O)C(F)(F)C(C)CC. The molecule has 0 amide bonds. The largest absolute Gasteiger partial charge is 0.457 e. The minimum Gasteiger partial charge on any atom is -0.457 e. The molecule has 14 heteroatoms. The summed E-state index contributed by atoms with van der Waals surface area (Å²) in [4.78, 5) is 49.1. The van der Waals surface area contributed by atoms with E-state index in [-0.39, 0.29) is 24.8 Å². The van der Waals surface area contributed by atoms with Crippen molar-refractivity contribution in [3.8, 4) is 0 Å². The van der Waals surface area contributed by atoms with Gasteiger partial charge >= 0.3 is 41.6 Å². The van der Waals surface area contributed by atoms with Crippen LogP contribution >= 0.6 is 0 Å². The molecule has 0 spiro atoms. The van der Waals surface area contributed by atoms with Crippen molar-refractivity contribution in [3.63, 3.8) is 0 Å². The van der Waals surface area contributed by atoms with Crippen molar-refractivity contribution in [2.24, 2.45) is 17.3 Å². The van der Waals surface area contributed by atoms with Crippen molar-refractivity contribution in [1.29, 1.82) is 0 Å². The highest BCUT2D eigenvalue weighted by Crippen LogP contribution is 2.40. The van der Waals surface area contributed by atoms with Gasteiger partial charge in [0.1, 0.15) is 13.2 Å². The second-order valence-electron chi connectivity index (χ2n) is 10.5. The molecule has 0 aliphatic heterocycles. The Hall–Kier alpha value is -2.80. The van der Waals surface area contributed by atoms with Crippen LogP contribution in [0.25, 0.3) is 0 Å². The van der Waals surface area contributed by atoms with Crippen LogP contribution in [0, 0.1) is 17.3 Å². The lowest BCUT2D eigenvalue weighted by atomic mass is 9.83. The van der Waals surface area contributed by atoms with E-state index in [1.807, 2.05) is 0 Å². The monoisotopic (exact) mass is 606 g/mol. The Morgan fingerprint density at radius 3 is 1.49 bits per heavy atom. The first kappa shape index (κ1) is 38.2. The number of esters is 4. The summed E-state index contributed by atoms with van der Waals surface area (Å²) in [5.74, 6) is -23.0. The van der Waals surface area contributed by atoms with Crippen molar-refractivity contribution < 1.29 is 64.5 Å². The second-order valence-corrected chi connectivity index (χ2v) is 10.5. The Morgan fingerprint density at radius 2 is 1.10 bits per heavy atom. The molecule has 0 aromatic heterocycles.